The van der Waals surface area contributed by atoms with E-state index in [4.69, 9.17) is 9.47 Å². The second kappa shape index (κ2) is 8.54. The minimum absolute atomic E-state index is 0.161. The van der Waals surface area contributed by atoms with E-state index < -0.39 is 5.97 Å². The number of hydrogen-bond donors (Lipinski definition) is 0. The molecule has 0 amide bonds. The van der Waals surface area contributed by atoms with Crippen molar-refractivity contribution in [3.05, 3.63) is 72.3 Å². The van der Waals surface area contributed by atoms with Gasteiger partial charge in [-0.3, -0.25) is 9.59 Å². The summed E-state index contributed by atoms with van der Waals surface area (Å²) < 4.78 is 10.1. The standard InChI is InChI=1S/C21H18O4S/c1-24-18-9-6-16(7-10-18)20(22)13-25-21(23)14-26-19-11-8-15-4-2-3-5-17(15)12-19/h2-12H,13-14H2,1H3. The molecular formula is C21H18O4S. The number of rotatable bonds is 7. The molecule has 132 valence electrons. The second-order valence-corrected chi connectivity index (χ2v) is 6.66. The van der Waals surface area contributed by atoms with Crippen molar-refractivity contribution in [1.82, 2.24) is 0 Å². The van der Waals surface area contributed by atoms with Gasteiger partial charge in [0.25, 0.3) is 0 Å². The van der Waals surface area contributed by atoms with Crippen molar-refractivity contribution >= 4 is 34.3 Å². The summed E-state index contributed by atoms with van der Waals surface area (Å²) in [5, 5.41) is 2.28. The highest BCUT2D eigenvalue weighted by Gasteiger charge is 2.11. The molecular weight excluding hydrogens is 348 g/mol. The van der Waals surface area contributed by atoms with Crippen molar-refractivity contribution in [2.75, 3.05) is 19.5 Å². The van der Waals surface area contributed by atoms with Gasteiger partial charge in [0.05, 0.1) is 12.9 Å². The smallest absolute Gasteiger partial charge is 0.316 e. The van der Waals surface area contributed by atoms with Crippen LogP contribution in [0.5, 0.6) is 5.75 Å². The highest BCUT2D eigenvalue weighted by molar-refractivity contribution is 8.00. The number of Topliss-reactive ketones (excluding diaryl/α,β-unsaturated/α-hetero) is 1. The molecule has 3 aromatic rings. The zero-order chi connectivity index (χ0) is 18.4. The van der Waals surface area contributed by atoms with Gasteiger partial charge in [-0.1, -0.05) is 30.3 Å². The van der Waals surface area contributed by atoms with Crippen molar-refractivity contribution in [3.63, 3.8) is 0 Å². The zero-order valence-corrected chi connectivity index (χ0v) is 15.1. The van der Waals surface area contributed by atoms with E-state index in [1.54, 1.807) is 31.4 Å². The summed E-state index contributed by atoms with van der Waals surface area (Å²) in [6, 6.07) is 20.8. The minimum atomic E-state index is -0.412. The molecule has 0 radical (unpaired) electrons. The summed E-state index contributed by atoms with van der Waals surface area (Å²) in [5.74, 6) is 0.181. The van der Waals surface area contributed by atoms with E-state index in [-0.39, 0.29) is 18.1 Å². The van der Waals surface area contributed by atoms with Gasteiger partial charge >= 0.3 is 5.97 Å². The summed E-state index contributed by atoms with van der Waals surface area (Å²) in [5.41, 5.74) is 0.487. The zero-order valence-electron chi connectivity index (χ0n) is 14.3. The Hall–Kier alpha value is -2.79. The summed E-state index contributed by atoms with van der Waals surface area (Å²) in [6.07, 6.45) is 0. The number of ketones is 1. The first-order valence-electron chi connectivity index (χ1n) is 8.10. The fourth-order valence-electron chi connectivity index (χ4n) is 2.45. The molecule has 0 aliphatic heterocycles. The number of fused-ring (bicyclic) bond motifs is 1. The van der Waals surface area contributed by atoms with E-state index in [9.17, 15) is 9.59 Å². The molecule has 0 fully saturated rings. The summed E-state index contributed by atoms with van der Waals surface area (Å²) in [6.45, 7) is -0.260. The van der Waals surface area contributed by atoms with Crippen LogP contribution in [0.4, 0.5) is 0 Å². The Labute approximate surface area is 156 Å². The van der Waals surface area contributed by atoms with Gasteiger partial charge in [0.15, 0.2) is 12.4 Å². The molecule has 0 N–H and O–H groups in total. The van der Waals surface area contributed by atoms with Crippen LogP contribution in [0.2, 0.25) is 0 Å². The number of hydrogen-bond acceptors (Lipinski definition) is 5. The molecule has 0 atom stereocenters. The van der Waals surface area contributed by atoms with Gasteiger partial charge in [-0.2, -0.15) is 0 Å². The maximum absolute atomic E-state index is 12.0. The lowest BCUT2D eigenvalue weighted by atomic mass is 10.1. The molecule has 4 nitrogen and oxygen atoms in total. The highest BCUT2D eigenvalue weighted by Crippen LogP contribution is 2.23. The van der Waals surface area contributed by atoms with E-state index in [0.29, 0.717) is 11.3 Å². The third kappa shape index (κ3) is 4.64. The second-order valence-electron chi connectivity index (χ2n) is 5.61. The molecule has 0 spiro atoms. The first-order valence-corrected chi connectivity index (χ1v) is 9.09. The Kier molecular flexibility index (Phi) is 5.92. The quantitative estimate of drug-likeness (QED) is 0.353. The van der Waals surface area contributed by atoms with Gasteiger partial charge < -0.3 is 9.47 Å². The van der Waals surface area contributed by atoms with Crippen LogP contribution in [-0.2, 0) is 9.53 Å². The summed E-state index contributed by atoms with van der Waals surface area (Å²) >= 11 is 1.39. The van der Waals surface area contributed by atoms with Crippen LogP contribution in [-0.4, -0.2) is 31.2 Å². The van der Waals surface area contributed by atoms with Crippen LogP contribution in [0.25, 0.3) is 10.8 Å². The van der Waals surface area contributed by atoms with Gasteiger partial charge in [-0.25, -0.2) is 0 Å². The Morgan fingerprint density at radius 3 is 2.38 bits per heavy atom. The highest BCUT2D eigenvalue weighted by atomic mass is 32.2. The molecule has 0 unspecified atom stereocenters. The Balaban J connectivity index is 1.49. The molecule has 5 heteroatoms. The van der Waals surface area contributed by atoms with Crippen LogP contribution in [0.3, 0.4) is 0 Å². The summed E-state index contributed by atoms with van der Waals surface area (Å²) in [7, 11) is 1.56. The van der Waals surface area contributed by atoms with Gasteiger partial charge in [0, 0.05) is 10.5 Å². The van der Waals surface area contributed by atoms with E-state index in [2.05, 4.69) is 0 Å². The van der Waals surface area contributed by atoms with Crippen molar-refractivity contribution in [2.24, 2.45) is 0 Å². The number of carbonyl (C=O) groups excluding carboxylic acids is 2. The third-order valence-electron chi connectivity index (χ3n) is 3.85. The van der Waals surface area contributed by atoms with Crippen molar-refractivity contribution in [2.45, 2.75) is 4.90 Å². The number of methoxy groups -OCH3 is 1. The largest absolute Gasteiger partial charge is 0.497 e. The molecule has 0 bridgehead atoms. The molecule has 0 saturated heterocycles. The number of carbonyl (C=O) groups is 2. The number of thioether (sulfide) groups is 1. The predicted molar refractivity (Wildman–Crippen MR) is 103 cm³/mol. The average molecular weight is 366 g/mol. The average Bonchev–Trinajstić information content (AvgIpc) is 2.70. The number of benzene rings is 3. The number of ether oxygens (including phenoxy) is 2. The molecule has 3 aromatic carbocycles. The van der Waals surface area contributed by atoms with E-state index in [1.165, 1.54) is 11.8 Å². The normalized spacial score (nSPS) is 10.5. The van der Waals surface area contributed by atoms with E-state index in [1.807, 2.05) is 42.5 Å². The maximum atomic E-state index is 12.0. The lowest BCUT2D eigenvalue weighted by molar-refractivity contribution is -0.139. The minimum Gasteiger partial charge on any atom is -0.497 e. The molecule has 0 aliphatic rings. The first-order chi connectivity index (χ1) is 12.7. The van der Waals surface area contributed by atoms with E-state index in [0.717, 1.165) is 15.7 Å². The lowest BCUT2D eigenvalue weighted by Gasteiger charge is -2.06. The summed E-state index contributed by atoms with van der Waals surface area (Å²) in [4.78, 5) is 24.9. The van der Waals surface area contributed by atoms with Crippen LogP contribution < -0.4 is 4.74 Å². The van der Waals surface area contributed by atoms with Crippen LogP contribution in [0.15, 0.2) is 71.6 Å². The van der Waals surface area contributed by atoms with Crippen molar-refractivity contribution < 1.29 is 19.1 Å². The van der Waals surface area contributed by atoms with Crippen LogP contribution >= 0.6 is 11.8 Å². The molecule has 0 saturated carbocycles. The molecule has 0 aliphatic carbocycles. The first kappa shape index (κ1) is 18.0. The van der Waals surface area contributed by atoms with E-state index >= 15 is 0 Å². The van der Waals surface area contributed by atoms with Crippen molar-refractivity contribution in [3.8, 4) is 5.75 Å². The molecule has 0 heterocycles. The maximum Gasteiger partial charge on any atom is 0.316 e. The Morgan fingerprint density at radius 1 is 0.923 bits per heavy atom. The Morgan fingerprint density at radius 2 is 1.65 bits per heavy atom. The monoisotopic (exact) mass is 366 g/mol. The molecule has 0 aromatic heterocycles. The topological polar surface area (TPSA) is 52.6 Å². The van der Waals surface area contributed by atoms with Gasteiger partial charge in [0.1, 0.15) is 5.75 Å². The fourth-order valence-corrected chi connectivity index (χ4v) is 3.19. The SMILES string of the molecule is COc1ccc(C(=O)COC(=O)CSc2ccc3ccccc3c2)cc1. The fraction of sp³-hybridized carbons (Fsp3) is 0.143. The molecule has 26 heavy (non-hydrogen) atoms. The predicted octanol–water partition coefficient (Wildman–Crippen LogP) is 4.37. The van der Waals surface area contributed by atoms with Crippen molar-refractivity contribution in [1.29, 1.82) is 0 Å². The van der Waals surface area contributed by atoms with Gasteiger partial charge in [-0.15, -0.1) is 11.8 Å². The van der Waals surface area contributed by atoms with Gasteiger partial charge in [0.2, 0.25) is 0 Å². The lowest BCUT2D eigenvalue weighted by Crippen LogP contribution is -2.15. The van der Waals surface area contributed by atoms with Crippen LogP contribution in [0, 0.1) is 0 Å². The number of esters is 1. The third-order valence-corrected chi connectivity index (χ3v) is 4.82. The Bertz CT molecular complexity index is 919. The van der Waals surface area contributed by atoms with Crippen LogP contribution in [0.1, 0.15) is 10.4 Å². The van der Waals surface area contributed by atoms with Gasteiger partial charge in [-0.05, 0) is 47.2 Å². The molecule has 3 rings (SSSR count).